The predicted molar refractivity (Wildman–Crippen MR) is 41.1 cm³/mol. The fourth-order valence-corrected chi connectivity index (χ4v) is 0.516. The lowest BCUT2D eigenvalue weighted by atomic mass is 10.3. The van der Waals surface area contributed by atoms with Crippen molar-refractivity contribution in [3.05, 3.63) is 11.4 Å². The van der Waals surface area contributed by atoms with Crippen molar-refractivity contribution >= 4 is 0 Å². The Labute approximate surface area is 57.5 Å². The fraction of sp³-hybridized carbons (Fsp3) is 0.714. The SMILES string of the molecule is CN/C(C)=C(/C)N(C)C. The van der Waals surface area contributed by atoms with Gasteiger partial charge in [-0.05, 0) is 13.8 Å². The predicted octanol–water partition coefficient (Wildman–Crippen LogP) is 1.02. The molecule has 0 spiro atoms. The number of nitrogens with zero attached hydrogens (tertiary/aromatic N) is 1. The van der Waals surface area contributed by atoms with E-state index in [4.69, 9.17) is 0 Å². The molecule has 0 aromatic heterocycles. The molecule has 0 heterocycles. The van der Waals surface area contributed by atoms with E-state index in [1.165, 1.54) is 11.4 Å². The van der Waals surface area contributed by atoms with Crippen LogP contribution in [0, 0.1) is 0 Å². The van der Waals surface area contributed by atoms with Gasteiger partial charge in [0, 0.05) is 32.5 Å². The quantitative estimate of drug-likeness (QED) is 0.597. The van der Waals surface area contributed by atoms with Crippen LogP contribution in [-0.4, -0.2) is 26.0 Å². The second kappa shape index (κ2) is 3.38. The Morgan fingerprint density at radius 3 is 1.78 bits per heavy atom. The van der Waals surface area contributed by atoms with Gasteiger partial charge in [-0.2, -0.15) is 0 Å². The molecule has 54 valence electrons. The number of hydrogen-bond acceptors (Lipinski definition) is 2. The van der Waals surface area contributed by atoms with Crippen LogP contribution in [0.1, 0.15) is 13.8 Å². The third-order valence-electron chi connectivity index (χ3n) is 1.59. The van der Waals surface area contributed by atoms with E-state index >= 15 is 0 Å². The van der Waals surface area contributed by atoms with Gasteiger partial charge >= 0.3 is 0 Å². The summed E-state index contributed by atoms with van der Waals surface area (Å²) in [4.78, 5) is 2.09. The third-order valence-corrected chi connectivity index (χ3v) is 1.59. The highest BCUT2D eigenvalue weighted by Crippen LogP contribution is 2.00. The van der Waals surface area contributed by atoms with Gasteiger partial charge in [0.25, 0.3) is 0 Å². The monoisotopic (exact) mass is 128 g/mol. The Morgan fingerprint density at radius 1 is 1.22 bits per heavy atom. The highest BCUT2D eigenvalue weighted by molar-refractivity contribution is 5.04. The molecule has 0 atom stereocenters. The van der Waals surface area contributed by atoms with Crippen LogP contribution >= 0.6 is 0 Å². The van der Waals surface area contributed by atoms with Crippen LogP contribution in [0.3, 0.4) is 0 Å². The summed E-state index contributed by atoms with van der Waals surface area (Å²) in [6, 6.07) is 0. The molecule has 0 amide bonds. The summed E-state index contributed by atoms with van der Waals surface area (Å²) >= 11 is 0. The molecule has 1 N–H and O–H groups in total. The van der Waals surface area contributed by atoms with Crippen molar-refractivity contribution < 1.29 is 0 Å². The fourth-order valence-electron chi connectivity index (χ4n) is 0.516. The molecule has 0 unspecified atom stereocenters. The van der Waals surface area contributed by atoms with E-state index in [1.807, 2.05) is 21.1 Å². The summed E-state index contributed by atoms with van der Waals surface area (Å²) in [7, 11) is 6.01. The molecule has 0 bridgehead atoms. The summed E-state index contributed by atoms with van der Waals surface area (Å²) in [6.45, 7) is 4.15. The highest BCUT2D eigenvalue weighted by atomic mass is 15.1. The molecule has 2 heteroatoms. The van der Waals surface area contributed by atoms with Crippen LogP contribution in [0.25, 0.3) is 0 Å². The lowest BCUT2D eigenvalue weighted by molar-refractivity contribution is 0.501. The molecule has 0 aliphatic carbocycles. The average molecular weight is 128 g/mol. The van der Waals surface area contributed by atoms with Gasteiger partial charge in [-0.15, -0.1) is 0 Å². The van der Waals surface area contributed by atoms with Crippen LogP contribution in [-0.2, 0) is 0 Å². The lowest BCUT2D eigenvalue weighted by Crippen LogP contribution is -2.15. The summed E-state index contributed by atoms with van der Waals surface area (Å²) < 4.78 is 0. The Balaban J connectivity index is 4.10. The van der Waals surface area contributed by atoms with Gasteiger partial charge < -0.3 is 10.2 Å². The van der Waals surface area contributed by atoms with E-state index < -0.39 is 0 Å². The molecule has 0 aromatic carbocycles. The highest BCUT2D eigenvalue weighted by Gasteiger charge is 1.93. The summed E-state index contributed by atoms with van der Waals surface area (Å²) in [6.07, 6.45) is 0. The number of allylic oxidation sites excluding steroid dienone is 2. The molecule has 0 aliphatic heterocycles. The first kappa shape index (κ1) is 8.34. The zero-order valence-electron chi connectivity index (χ0n) is 6.95. The first-order chi connectivity index (χ1) is 4.09. The molecule has 0 radical (unpaired) electrons. The van der Waals surface area contributed by atoms with Gasteiger partial charge in [0.2, 0.25) is 0 Å². The van der Waals surface area contributed by atoms with Crippen molar-refractivity contribution in [1.29, 1.82) is 0 Å². The molecule has 0 aromatic rings. The van der Waals surface area contributed by atoms with Crippen molar-refractivity contribution in [2.75, 3.05) is 21.1 Å². The van der Waals surface area contributed by atoms with Crippen molar-refractivity contribution in [1.82, 2.24) is 10.2 Å². The molecule has 0 saturated carbocycles. The van der Waals surface area contributed by atoms with Crippen LogP contribution in [0.15, 0.2) is 11.4 Å². The van der Waals surface area contributed by atoms with Gasteiger partial charge in [-0.25, -0.2) is 0 Å². The Kier molecular flexibility index (Phi) is 3.13. The van der Waals surface area contributed by atoms with Gasteiger partial charge in [-0.3, -0.25) is 0 Å². The molecule has 0 saturated heterocycles. The lowest BCUT2D eigenvalue weighted by Gasteiger charge is -2.15. The average Bonchev–Trinajstić information content (AvgIpc) is 1.84. The molecule has 2 nitrogen and oxygen atoms in total. The van der Waals surface area contributed by atoms with Gasteiger partial charge in [0.05, 0.1) is 0 Å². The number of nitrogens with one attached hydrogen (secondary N) is 1. The van der Waals surface area contributed by atoms with Crippen molar-refractivity contribution in [3.63, 3.8) is 0 Å². The smallest absolute Gasteiger partial charge is 0.0285 e. The van der Waals surface area contributed by atoms with Crippen LogP contribution in [0.2, 0.25) is 0 Å². The second-order valence-electron chi connectivity index (χ2n) is 2.35. The van der Waals surface area contributed by atoms with Crippen LogP contribution in [0.4, 0.5) is 0 Å². The molecule has 0 rings (SSSR count). The maximum absolute atomic E-state index is 3.08. The Morgan fingerprint density at radius 2 is 1.67 bits per heavy atom. The van der Waals surface area contributed by atoms with E-state index in [2.05, 4.69) is 24.1 Å². The van der Waals surface area contributed by atoms with Crippen LogP contribution < -0.4 is 5.32 Å². The molecule has 9 heavy (non-hydrogen) atoms. The van der Waals surface area contributed by atoms with Gasteiger partial charge in [0.15, 0.2) is 0 Å². The van der Waals surface area contributed by atoms with E-state index in [0.29, 0.717) is 0 Å². The Hall–Kier alpha value is -0.660. The van der Waals surface area contributed by atoms with Crippen molar-refractivity contribution in [2.45, 2.75) is 13.8 Å². The van der Waals surface area contributed by atoms with Crippen molar-refractivity contribution in [3.8, 4) is 0 Å². The molecule has 0 fully saturated rings. The molecular weight excluding hydrogens is 112 g/mol. The largest absolute Gasteiger partial charge is 0.390 e. The summed E-state index contributed by atoms with van der Waals surface area (Å²) in [5.41, 5.74) is 2.50. The van der Waals surface area contributed by atoms with Gasteiger partial charge in [0.1, 0.15) is 0 Å². The minimum Gasteiger partial charge on any atom is -0.390 e. The second-order valence-corrected chi connectivity index (χ2v) is 2.35. The Bertz CT molecular complexity index is 114. The number of hydrogen-bond donors (Lipinski definition) is 1. The standard InChI is InChI=1S/C7H16N2/c1-6(8-3)7(2)9(4)5/h8H,1-5H3/b7-6-. The van der Waals surface area contributed by atoms with E-state index in [1.54, 1.807) is 0 Å². The van der Waals surface area contributed by atoms with Crippen LogP contribution in [0.5, 0.6) is 0 Å². The minimum absolute atomic E-state index is 1.22. The summed E-state index contributed by atoms with van der Waals surface area (Å²) in [5, 5.41) is 3.08. The topological polar surface area (TPSA) is 15.3 Å². The minimum atomic E-state index is 1.22. The van der Waals surface area contributed by atoms with E-state index in [9.17, 15) is 0 Å². The first-order valence-electron chi connectivity index (χ1n) is 3.12. The van der Waals surface area contributed by atoms with E-state index in [0.717, 1.165) is 0 Å². The zero-order chi connectivity index (χ0) is 7.44. The third kappa shape index (κ3) is 2.40. The van der Waals surface area contributed by atoms with Gasteiger partial charge in [-0.1, -0.05) is 0 Å². The zero-order valence-corrected chi connectivity index (χ0v) is 6.95. The maximum Gasteiger partial charge on any atom is 0.0285 e. The molecular formula is C7H16N2. The number of rotatable bonds is 2. The first-order valence-corrected chi connectivity index (χ1v) is 3.12. The summed E-state index contributed by atoms with van der Waals surface area (Å²) in [5.74, 6) is 0. The van der Waals surface area contributed by atoms with E-state index in [-0.39, 0.29) is 0 Å². The van der Waals surface area contributed by atoms with Crippen molar-refractivity contribution in [2.24, 2.45) is 0 Å². The molecule has 0 aliphatic rings. The maximum atomic E-state index is 3.08. The normalized spacial score (nSPS) is 12.6.